The molecule has 276 valence electrons. The Bertz CT molecular complexity index is 3320. The summed E-state index contributed by atoms with van der Waals surface area (Å²) in [5.74, 6) is 1.88. The fourth-order valence-corrected chi connectivity index (χ4v) is 9.35. The Hall–Kier alpha value is -7.53. The molecule has 0 fully saturated rings. The van der Waals surface area contributed by atoms with Crippen LogP contribution in [-0.2, 0) is 0 Å². The minimum absolute atomic E-state index is 0.624. The first-order valence-corrected chi connectivity index (χ1v) is 20.7. The van der Waals surface area contributed by atoms with Crippen molar-refractivity contribution < 1.29 is 0 Å². The molecule has 0 bridgehead atoms. The summed E-state index contributed by atoms with van der Waals surface area (Å²) in [6.07, 6.45) is 0. The van der Waals surface area contributed by atoms with Gasteiger partial charge in [-0.05, 0) is 79.5 Å². The van der Waals surface area contributed by atoms with Crippen molar-refractivity contribution >= 4 is 42.3 Å². The molecule has 0 unspecified atom stereocenters. The molecule has 0 spiro atoms. The van der Waals surface area contributed by atoms with E-state index in [0.717, 1.165) is 44.5 Å². The largest absolute Gasteiger partial charge is 0.208 e. The summed E-state index contributed by atoms with van der Waals surface area (Å²) in [5, 5.41) is 5.03. The van der Waals surface area contributed by atoms with E-state index in [9.17, 15) is 0 Å². The van der Waals surface area contributed by atoms with E-state index in [2.05, 4.69) is 200 Å². The molecule has 2 aromatic heterocycles. The summed E-state index contributed by atoms with van der Waals surface area (Å²) in [6, 6.07) is 75.2. The van der Waals surface area contributed by atoms with E-state index in [-0.39, 0.29) is 0 Å². The number of hydrogen-bond acceptors (Lipinski definition) is 4. The molecule has 0 aliphatic carbocycles. The van der Waals surface area contributed by atoms with E-state index in [0.29, 0.717) is 17.5 Å². The first kappa shape index (κ1) is 34.7. The third-order valence-corrected chi connectivity index (χ3v) is 12.3. The summed E-state index contributed by atoms with van der Waals surface area (Å²) < 4.78 is 2.63. The second-order valence-corrected chi connectivity index (χ2v) is 15.8. The van der Waals surface area contributed by atoms with E-state index >= 15 is 0 Å². The summed E-state index contributed by atoms with van der Waals surface area (Å²) in [7, 11) is 0. The van der Waals surface area contributed by atoms with Crippen LogP contribution >= 0.6 is 11.3 Å². The molecule has 2 heterocycles. The van der Waals surface area contributed by atoms with E-state index < -0.39 is 0 Å². The lowest BCUT2D eigenvalue weighted by atomic mass is 9.91. The maximum atomic E-state index is 5.22. The van der Waals surface area contributed by atoms with Crippen molar-refractivity contribution in [1.29, 1.82) is 0 Å². The van der Waals surface area contributed by atoms with Gasteiger partial charge in [0.05, 0.1) is 0 Å². The van der Waals surface area contributed by atoms with Gasteiger partial charge >= 0.3 is 0 Å². The quantitative estimate of drug-likeness (QED) is 0.162. The zero-order valence-corrected chi connectivity index (χ0v) is 32.8. The van der Waals surface area contributed by atoms with Crippen LogP contribution in [0.25, 0.3) is 110 Å². The lowest BCUT2D eigenvalue weighted by Gasteiger charge is -2.14. The normalized spacial score (nSPS) is 11.4. The lowest BCUT2D eigenvalue weighted by molar-refractivity contribution is 1.07. The van der Waals surface area contributed by atoms with Gasteiger partial charge in [0.15, 0.2) is 17.5 Å². The molecule has 0 N–H and O–H groups in total. The first-order chi connectivity index (χ1) is 29.2. The molecule has 0 saturated carbocycles. The molecule has 0 atom stereocenters. The summed E-state index contributed by atoms with van der Waals surface area (Å²) in [5.41, 5.74) is 12.0. The highest BCUT2D eigenvalue weighted by molar-refractivity contribution is 7.25. The minimum Gasteiger partial charge on any atom is -0.208 e. The van der Waals surface area contributed by atoms with E-state index in [1.54, 1.807) is 0 Å². The maximum Gasteiger partial charge on any atom is 0.164 e. The maximum absolute atomic E-state index is 5.22. The highest BCUT2D eigenvalue weighted by Crippen LogP contribution is 2.41. The molecule has 9 aromatic carbocycles. The van der Waals surface area contributed by atoms with Crippen LogP contribution in [0.3, 0.4) is 0 Å². The first-order valence-electron chi connectivity index (χ1n) is 19.8. The fraction of sp³-hybridized carbons (Fsp3) is 0. The molecular formula is C55H35N3S. The SMILES string of the molecule is c1ccc(-c2ccc(-c3nc(-c4cccc(-c5ccc(-c6ccc7sc8ccccc8c7c6)c6ccccc56)c4)nc(-c4ccccc4-c4ccccc4)n3)cc2)cc1. The molecule has 0 radical (unpaired) electrons. The Kier molecular flexibility index (Phi) is 8.68. The number of nitrogens with zero attached hydrogens (tertiary/aromatic N) is 3. The van der Waals surface area contributed by atoms with Gasteiger partial charge in [-0.2, -0.15) is 0 Å². The topological polar surface area (TPSA) is 38.7 Å². The zero-order valence-electron chi connectivity index (χ0n) is 32.0. The molecule has 0 aliphatic heterocycles. The van der Waals surface area contributed by atoms with Gasteiger partial charge in [-0.15, -0.1) is 11.3 Å². The van der Waals surface area contributed by atoms with Crippen LogP contribution < -0.4 is 0 Å². The second-order valence-electron chi connectivity index (χ2n) is 14.8. The van der Waals surface area contributed by atoms with E-state index in [4.69, 9.17) is 15.0 Å². The number of fused-ring (bicyclic) bond motifs is 4. The Morgan fingerprint density at radius 2 is 0.712 bits per heavy atom. The average molecular weight is 770 g/mol. The van der Waals surface area contributed by atoms with Gasteiger partial charge in [0.1, 0.15) is 0 Å². The zero-order chi connectivity index (χ0) is 39.1. The van der Waals surface area contributed by atoms with Crippen molar-refractivity contribution in [1.82, 2.24) is 15.0 Å². The van der Waals surface area contributed by atoms with Crippen LogP contribution in [0.15, 0.2) is 212 Å². The van der Waals surface area contributed by atoms with Gasteiger partial charge in [0.25, 0.3) is 0 Å². The van der Waals surface area contributed by atoms with Crippen LogP contribution in [0, 0.1) is 0 Å². The van der Waals surface area contributed by atoms with Gasteiger partial charge in [0, 0.05) is 36.9 Å². The predicted molar refractivity (Wildman–Crippen MR) is 248 cm³/mol. The molecule has 0 aliphatic rings. The van der Waals surface area contributed by atoms with Gasteiger partial charge in [-0.3, -0.25) is 0 Å². The monoisotopic (exact) mass is 769 g/mol. The van der Waals surface area contributed by atoms with Crippen molar-refractivity contribution in [3.8, 4) is 78.7 Å². The van der Waals surface area contributed by atoms with Crippen LogP contribution in [0.4, 0.5) is 0 Å². The lowest BCUT2D eigenvalue weighted by Crippen LogP contribution is -2.01. The van der Waals surface area contributed by atoms with Crippen molar-refractivity contribution in [2.45, 2.75) is 0 Å². The molecule has 11 aromatic rings. The average Bonchev–Trinajstić information content (AvgIpc) is 3.70. The molecular weight excluding hydrogens is 735 g/mol. The van der Waals surface area contributed by atoms with Crippen LogP contribution in [-0.4, -0.2) is 15.0 Å². The number of benzene rings is 9. The number of rotatable bonds is 7. The molecule has 0 amide bonds. The van der Waals surface area contributed by atoms with Crippen LogP contribution in [0.2, 0.25) is 0 Å². The van der Waals surface area contributed by atoms with Crippen molar-refractivity contribution in [2.75, 3.05) is 0 Å². The second kappa shape index (κ2) is 14.8. The molecule has 59 heavy (non-hydrogen) atoms. The Labute approximate surface area is 346 Å². The standard InChI is InChI=1S/C55H35N3S/c1-3-14-36(15-4-1)37-26-28-39(29-27-37)53-56-54(58-55(57-53)49-24-10-7-20-43(49)38-16-5-2-6-17-38)42-19-13-18-40(34-42)44-31-32-45(47-22-9-8-21-46(44)47)41-30-33-52-50(35-41)48-23-11-12-25-51(48)59-52/h1-35H. The highest BCUT2D eigenvalue weighted by Gasteiger charge is 2.17. The van der Waals surface area contributed by atoms with Crippen molar-refractivity contribution in [3.63, 3.8) is 0 Å². The highest BCUT2D eigenvalue weighted by atomic mass is 32.1. The summed E-state index contributed by atoms with van der Waals surface area (Å²) in [4.78, 5) is 15.6. The van der Waals surface area contributed by atoms with E-state index in [1.165, 1.54) is 47.6 Å². The van der Waals surface area contributed by atoms with Gasteiger partial charge in [0.2, 0.25) is 0 Å². The Balaban J connectivity index is 1.03. The number of thiophene rings is 1. The van der Waals surface area contributed by atoms with Gasteiger partial charge in [-0.25, -0.2) is 15.0 Å². The van der Waals surface area contributed by atoms with Gasteiger partial charge < -0.3 is 0 Å². The predicted octanol–water partition coefficient (Wildman–Crippen LogP) is 15.1. The number of hydrogen-bond donors (Lipinski definition) is 0. The fourth-order valence-electron chi connectivity index (χ4n) is 8.27. The third kappa shape index (κ3) is 6.46. The molecule has 4 heteroatoms. The smallest absolute Gasteiger partial charge is 0.164 e. The van der Waals surface area contributed by atoms with Crippen LogP contribution in [0.1, 0.15) is 0 Å². The summed E-state index contributed by atoms with van der Waals surface area (Å²) >= 11 is 1.85. The Morgan fingerprint density at radius 1 is 0.237 bits per heavy atom. The van der Waals surface area contributed by atoms with Crippen LogP contribution in [0.5, 0.6) is 0 Å². The molecule has 11 rings (SSSR count). The van der Waals surface area contributed by atoms with Crippen molar-refractivity contribution in [2.24, 2.45) is 0 Å². The van der Waals surface area contributed by atoms with Crippen molar-refractivity contribution in [3.05, 3.63) is 212 Å². The van der Waals surface area contributed by atoms with E-state index in [1.807, 2.05) is 23.5 Å². The summed E-state index contributed by atoms with van der Waals surface area (Å²) in [6.45, 7) is 0. The number of aromatic nitrogens is 3. The van der Waals surface area contributed by atoms with Gasteiger partial charge in [-0.1, -0.05) is 188 Å². The Morgan fingerprint density at radius 3 is 1.44 bits per heavy atom. The third-order valence-electron chi connectivity index (χ3n) is 11.2. The molecule has 0 saturated heterocycles. The molecule has 3 nitrogen and oxygen atoms in total. The minimum atomic E-state index is 0.624.